The van der Waals surface area contributed by atoms with Crippen LogP contribution in [0.2, 0.25) is 0 Å². The third-order valence-electron chi connectivity index (χ3n) is 4.62. The van der Waals surface area contributed by atoms with Crippen molar-refractivity contribution in [2.45, 2.75) is 31.2 Å². The van der Waals surface area contributed by atoms with Crippen LogP contribution in [0.4, 0.5) is 4.39 Å². The molecule has 3 rings (SSSR count). The first-order chi connectivity index (χ1) is 12.1. The number of hydrogen-bond donors (Lipinski definition) is 2. The predicted molar refractivity (Wildman–Crippen MR) is 92.2 cm³/mol. The Kier molecular flexibility index (Phi) is 4.49. The number of hydrogen-bond acceptors (Lipinski definition) is 4. The maximum atomic E-state index is 13.4. The van der Waals surface area contributed by atoms with Gasteiger partial charge in [0, 0.05) is 12.6 Å². The molecule has 26 heavy (non-hydrogen) atoms. The van der Waals surface area contributed by atoms with Crippen LogP contribution >= 0.6 is 0 Å². The van der Waals surface area contributed by atoms with Gasteiger partial charge in [0.1, 0.15) is 22.0 Å². The van der Waals surface area contributed by atoms with Gasteiger partial charge in [0.25, 0.3) is 0 Å². The van der Waals surface area contributed by atoms with Gasteiger partial charge in [0.15, 0.2) is 0 Å². The van der Waals surface area contributed by atoms with E-state index >= 15 is 0 Å². The van der Waals surface area contributed by atoms with Gasteiger partial charge in [0.2, 0.25) is 10.0 Å². The third-order valence-corrected chi connectivity index (χ3v) is 6.61. The van der Waals surface area contributed by atoms with Crippen molar-refractivity contribution in [2.75, 3.05) is 6.54 Å². The van der Waals surface area contributed by atoms with Gasteiger partial charge in [-0.15, -0.1) is 0 Å². The highest BCUT2D eigenvalue weighted by Gasteiger charge is 2.36. The molecule has 2 aromatic carbocycles. The third kappa shape index (κ3) is 2.95. The summed E-state index contributed by atoms with van der Waals surface area (Å²) in [5.74, 6) is -2.56. The molecule has 1 heterocycles. The van der Waals surface area contributed by atoms with Crippen molar-refractivity contribution < 1.29 is 27.8 Å². The summed E-state index contributed by atoms with van der Waals surface area (Å²) in [6.45, 7) is 3.34. The molecule has 0 saturated heterocycles. The molecule has 0 saturated carbocycles. The normalized spacial score (nSPS) is 17.7. The van der Waals surface area contributed by atoms with Gasteiger partial charge in [-0.1, -0.05) is 6.07 Å². The highest BCUT2D eigenvalue weighted by molar-refractivity contribution is 7.89. The Balaban J connectivity index is 2.10. The number of sulfonamides is 1. The second-order valence-corrected chi connectivity index (χ2v) is 8.21. The summed E-state index contributed by atoms with van der Waals surface area (Å²) in [6.07, 6.45) is 0.328. The Bertz CT molecular complexity index is 1000. The van der Waals surface area contributed by atoms with E-state index in [1.165, 1.54) is 28.6 Å². The minimum absolute atomic E-state index is 0.107. The Labute approximate surface area is 150 Å². The van der Waals surface area contributed by atoms with Crippen molar-refractivity contribution in [1.29, 1.82) is 0 Å². The van der Waals surface area contributed by atoms with Gasteiger partial charge in [0.05, 0.1) is 0 Å². The second kappa shape index (κ2) is 6.37. The molecule has 1 atom stereocenters. The van der Waals surface area contributed by atoms with E-state index < -0.39 is 38.2 Å². The average Bonchev–Trinajstić information content (AvgIpc) is 2.56. The number of aromatic carboxylic acids is 1. The maximum Gasteiger partial charge on any atom is 0.339 e. The number of rotatable bonds is 3. The summed E-state index contributed by atoms with van der Waals surface area (Å²) < 4.78 is 40.9. The molecular weight excluding hydrogens is 361 g/mol. The number of halogens is 1. The quantitative estimate of drug-likeness (QED) is 0.855. The van der Waals surface area contributed by atoms with E-state index in [-0.39, 0.29) is 12.4 Å². The lowest BCUT2D eigenvalue weighted by molar-refractivity contribution is 0.0693. The van der Waals surface area contributed by atoms with Crippen LogP contribution in [0.3, 0.4) is 0 Å². The molecule has 0 fully saturated rings. The van der Waals surface area contributed by atoms with E-state index in [0.29, 0.717) is 17.5 Å². The van der Waals surface area contributed by atoms with E-state index in [1.54, 1.807) is 19.9 Å². The molecule has 0 aromatic heterocycles. The number of carboxylic acid groups (broad SMARTS) is 1. The standard InChI is InChI=1S/C18H18FNO5S/c1-10-7-15(18(22)23)17(21)16(8-10)26(24,25)20-6-5-12-9-13(19)3-4-14(12)11(20)2/h3-4,7-9,11,21H,5-6H2,1-2H3,(H,22,23). The maximum absolute atomic E-state index is 13.4. The molecule has 2 N–H and O–H groups in total. The first kappa shape index (κ1) is 18.3. The highest BCUT2D eigenvalue weighted by atomic mass is 32.2. The van der Waals surface area contributed by atoms with Crippen LogP contribution in [0.1, 0.15) is 40.0 Å². The van der Waals surface area contributed by atoms with Crippen molar-refractivity contribution >= 4 is 16.0 Å². The number of fused-ring (bicyclic) bond motifs is 1. The Morgan fingerprint density at radius 3 is 2.62 bits per heavy atom. The van der Waals surface area contributed by atoms with Gasteiger partial charge >= 0.3 is 5.97 Å². The van der Waals surface area contributed by atoms with E-state index in [0.717, 1.165) is 5.56 Å². The summed E-state index contributed by atoms with van der Waals surface area (Å²) in [5, 5.41) is 19.4. The molecule has 1 aliphatic rings. The largest absolute Gasteiger partial charge is 0.506 e. The number of benzene rings is 2. The number of aryl methyl sites for hydroxylation is 1. The topological polar surface area (TPSA) is 94.9 Å². The van der Waals surface area contributed by atoms with Crippen molar-refractivity contribution in [3.05, 3.63) is 58.4 Å². The Morgan fingerprint density at radius 2 is 1.96 bits per heavy atom. The minimum atomic E-state index is -4.15. The molecule has 0 amide bonds. The summed E-state index contributed by atoms with van der Waals surface area (Å²) in [7, 11) is -4.15. The number of aromatic hydroxyl groups is 1. The van der Waals surface area contributed by atoms with Crippen LogP contribution in [0.25, 0.3) is 0 Å². The zero-order valence-electron chi connectivity index (χ0n) is 14.2. The number of nitrogens with zero attached hydrogens (tertiary/aromatic N) is 1. The molecule has 6 nitrogen and oxygen atoms in total. The summed E-state index contributed by atoms with van der Waals surface area (Å²) in [6, 6.07) is 6.12. The fourth-order valence-electron chi connectivity index (χ4n) is 3.34. The highest BCUT2D eigenvalue weighted by Crippen LogP contribution is 2.37. The molecule has 0 spiro atoms. The minimum Gasteiger partial charge on any atom is -0.506 e. The molecular formula is C18H18FNO5S. The lowest BCUT2D eigenvalue weighted by Gasteiger charge is -2.34. The first-order valence-corrected chi connectivity index (χ1v) is 9.44. The smallest absolute Gasteiger partial charge is 0.339 e. The summed E-state index contributed by atoms with van der Waals surface area (Å²) in [5.41, 5.74) is 1.37. The zero-order chi connectivity index (χ0) is 19.2. The fraction of sp³-hybridized carbons (Fsp3) is 0.278. The predicted octanol–water partition coefficient (Wildman–Crippen LogP) is 2.85. The number of phenols is 1. The molecule has 0 aliphatic carbocycles. The van der Waals surface area contributed by atoms with Gasteiger partial charge < -0.3 is 10.2 Å². The lowest BCUT2D eigenvalue weighted by atomic mass is 9.95. The van der Waals surface area contributed by atoms with Crippen molar-refractivity contribution in [3.8, 4) is 5.75 Å². The van der Waals surface area contributed by atoms with Crippen LogP contribution < -0.4 is 0 Å². The molecule has 2 aromatic rings. The number of carboxylic acids is 1. The fourth-order valence-corrected chi connectivity index (χ4v) is 5.14. The number of carbonyl (C=O) groups is 1. The van der Waals surface area contributed by atoms with Crippen LogP contribution in [-0.4, -0.2) is 35.5 Å². The molecule has 0 bridgehead atoms. The van der Waals surface area contributed by atoms with E-state index in [4.69, 9.17) is 0 Å². The molecule has 138 valence electrons. The van der Waals surface area contributed by atoms with Crippen LogP contribution in [0, 0.1) is 12.7 Å². The zero-order valence-corrected chi connectivity index (χ0v) is 15.0. The van der Waals surface area contributed by atoms with E-state index in [2.05, 4.69) is 0 Å². The van der Waals surface area contributed by atoms with Gasteiger partial charge in [-0.05, 0) is 61.2 Å². The second-order valence-electron chi connectivity index (χ2n) is 6.35. The van der Waals surface area contributed by atoms with Crippen molar-refractivity contribution in [2.24, 2.45) is 0 Å². The van der Waals surface area contributed by atoms with E-state index in [9.17, 15) is 27.8 Å². The SMILES string of the molecule is Cc1cc(C(=O)O)c(O)c(S(=O)(=O)N2CCc3cc(F)ccc3C2C)c1. The molecule has 1 aliphatic heterocycles. The molecule has 8 heteroatoms. The van der Waals surface area contributed by atoms with Crippen LogP contribution in [0.15, 0.2) is 35.2 Å². The van der Waals surface area contributed by atoms with E-state index in [1.807, 2.05) is 0 Å². The monoisotopic (exact) mass is 379 g/mol. The molecule has 0 radical (unpaired) electrons. The van der Waals surface area contributed by atoms with Crippen molar-refractivity contribution in [1.82, 2.24) is 4.31 Å². The average molecular weight is 379 g/mol. The van der Waals surface area contributed by atoms with Crippen LogP contribution in [0.5, 0.6) is 5.75 Å². The Morgan fingerprint density at radius 1 is 1.27 bits per heavy atom. The lowest BCUT2D eigenvalue weighted by Crippen LogP contribution is -2.39. The molecule has 1 unspecified atom stereocenters. The van der Waals surface area contributed by atoms with Gasteiger partial charge in [-0.25, -0.2) is 17.6 Å². The van der Waals surface area contributed by atoms with Gasteiger partial charge in [-0.2, -0.15) is 4.31 Å². The first-order valence-electron chi connectivity index (χ1n) is 8.00. The van der Waals surface area contributed by atoms with Crippen LogP contribution in [-0.2, 0) is 16.4 Å². The van der Waals surface area contributed by atoms with Gasteiger partial charge in [-0.3, -0.25) is 0 Å². The summed E-state index contributed by atoms with van der Waals surface area (Å²) in [4.78, 5) is 10.8. The van der Waals surface area contributed by atoms with Crippen molar-refractivity contribution in [3.63, 3.8) is 0 Å². The Hall–Kier alpha value is -2.45. The summed E-state index contributed by atoms with van der Waals surface area (Å²) >= 11 is 0.